The topological polar surface area (TPSA) is 79.1 Å². The first-order valence-corrected chi connectivity index (χ1v) is 15.6. The summed E-state index contributed by atoms with van der Waals surface area (Å²) in [6.45, 7) is 6.15. The van der Waals surface area contributed by atoms with Crippen molar-refractivity contribution in [3.8, 4) is 11.5 Å². The van der Waals surface area contributed by atoms with Crippen LogP contribution in [0.1, 0.15) is 42.1 Å². The molecule has 0 bridgehead atoms. The van der Waals surface area contributed by atoms with Gasteiger partial charge in [-0.15, -0.1) is 0 Å². The van der Waals surface area contributed by atoms with Crippen LogP contribution in [0.3, 0.4) is 0 Å². The van der Waals surface area contributed by atoms with E-state index in [1.807, 2.05) is 67.6 Å². The van der Waals surface area contributed by atoms with Gasteiger partial charge in [0, 0.05) is 10.0 Å². The minimum Gasteiger partial charge on any atom is -0.496 e. The van der Waals surface area contributed by atoms with Gasteiger partial charge in [0.05, 0.1) is 40.0 Å². The van der Waals surface area contributed by atoms with E-state index in [1.54, 1.807) is 31.6 Å². The second-order valence-electron chi connectivity index (χ2n) is 9.65. The molecule has 0 radical (unpaired) electrons. The Morgan fingerprint density at radius 1 is 1.05 bits per heavy atom. The molecule has 0 N–H and O–H groups in total. The highest BCUT2D eigenvalue weighted by atomic mass is 79.9. The highest BCUT2D eigenvalue weighted by Gasteiger charge is 2.33. The molecule has 4 aromatic rings. The van der Waals surface area contributed by atoms with Crippen molar-refractivity contribution in [2.75, 3.05) is 13.7 Å². The van der Waals surface area contributed by atoms with Gasteiger partial charge in [-0.2, -0.15) is 0 Å². The molecule has 1 atom stereocenters. The average Bonchev–Trinajstić information content (AvgIpc) is 3.26. The van der Waals surface area contributed by atoms with Crippen LogP contribution in [0.15, 0.2) is 90.7 Å². The second-order valence-corrected chi connectivity index (χ2v) is 12.4. The van der Waals surface area contributed by atoms with Crippen molar-refractivity contribution >= 4 is 55.2 Å². The number of halogens is 2. The van der Waals surface area contributed by atoms with Crippen LogP contribution in [0.4, 0.5) is 0 Å². The van der Waals surface area contributed by atoms with Gasteiger partial charge >= 0.3 is 5.97 Å². The van der Waals surface area contributed by atoms with Crippen molar-refractivity contribution in [2.24, 2.45) is 4.99 Å². The first kappa shape index (κ1) is 30.0. The third kappa shape index (κ3) is 6.16. The Hall–Kier alpha value is -3.47. The van der Waals surface area contributed by atoms with E-state index < -0.39 is 12.0 Å². The molecular formula is C32H28Br2N2O5S. The van der Waals surface area contributed by atoms with Gasteiger partial charge in [0.15, 0.2) is 4.80 Å². The number of nitrogens with zero attached hydrogens (tertiary/aromatic N) is 2. The van der Waals surface area contributed by atoms with E-state index in [4.69, 9.17) is 14.2 Å². The third-order valence-corrected chi connectivity index (χ3v) is 8.88. The fourth-order valence-corrected chi connectivity index (χ4v) is 6.68. The van der Waals surface area contributed by atoms with Gasteiger partial charge < -0.3 is 14.2 Å². The maximum Gasteiger partial charge on any atom is 0.338 e. The van der Waals surface area contributed by atoms with Gasteiger partial charge in [0.2, 0.25) is 0 Å². The summed E-state index contributed by atoms with van der Waals surface area (Å²) in [5.41, 5.74) is 4.24. The standard InChI is InChI=1S/C32H28Br2N2O5S/c1-5-40-31(38)28-19(3)35-32-36(29(28)21-10-12-26(39-4)24(34)15-21)30(37)27(42-32)16-22-14-23(33)11-13-25(22)41-17-20-8-6-18(2)7-9-20/h6-16,29H,5,17H2,1-4H3/b27-16+/t29-/m1/s1. The number of benzene rings is 3. The van der Waals surface area contributed by atoms with Crippen molar-refractivity contribution < 1.29 is 19.0 Å². The lowest BCUT2D eigenvalue weighted by atomic mass is 9.96. The lowest BCUT2D eigenvalue weighted by molar-refractivity contribution is -0.139. The van der Waals surface area contributed by atoms with Crippen LogP contribution in [0.25, 0.3) is 6.08 Å². The first-order chi connectivity index (χ1) is 20.2. The van der Waals surface area contributed by atoms with Crippen molar-refractivity contribution in [2.45, 2.75) is 33.4 Å². The van der Waals surface area contributed by atoms with Gasteiger partial charge in [-0.25, -0.2) is 9.79 Å². The third-order valence-electron chi connectivity index (χ3n) is 6.78. The number of ether oxygens (including phenoxy) is 3. The van der Waals surface area contributed by atoms with E-state index in [2.05, 4.69) is 36.9 Å². The Balaban J connectivity index is 1.63. The molecule has 0 spiro atoms. The molecule has 0 aliphatic carbocycles. The molecule has 1 aliphatic heterocycles. The Kier molecular flexibility index (Phi) is 9.15. The summed E-state index contributed by atoms with van der Waals surface area (Å²) in [5, 5.41) is 0. The number of allylic oxidation sites excluding steroid dienone is 1. The van der Waals surface area contributed by atoms with Crippen LogP contribution in [-0.4, -0.2) is 24.3 Å². The van der Waals surface area contributed by atoms with Crippen molar-refractivity contribution in [3.05, 3.63) is 123 Å². The predicted molar refractivity (Wildman–Crippen MR) is 171 cm³/mol. The molecular weight excluding hydrogens is 684 g/mol. The Bertz CT molecular complexity index is 1880. The zero-order chi connectivity index (χ0) is 30.0. The molecule has 216 valence electrons. The van der Waals surface area contributed by atoms with Crippen LogP contribution < -0.4 is 24.4 Å². The number of fused-ring (bicyclic) bond motifs is 1. The highest BCUT2D eigenvalue weighted by Crippen LogP contribution is 2.35. The monoisotopic (exact) mass is 710 g/mol. The van der Waals surface area contributed by atoms with E-state index in [0.29, 0.717) is 43.2 Å². The Labute approximate surface area is 264 Å². The molecule has 10 heteroatoms. The number of carbonyl (C=O) groups excluding carboxylic acids is 1. The molecule has 0 saturated heterocycles. The van der Waals surface area contributed by atoms with Crippen LogP contribution in [0.2, 0.25) is 0 Å². The van der Waals surface area contributed by atoms with E-state index in [0.717, 1.165) is 21.2 Å². The van der Waals surface area contributed by atoms with Gasteiger partial charge in [0.1, 0.15) is 18.1 Å². The summed E-state index contributed by atoms with van der Waals surface area (Å²) >= 11 is 8.36. The number of esters is 1. The van der Waals surface area contributed by atoms with Gasteiger partial charge in [-0.05, 0) is 84.2 Å². The molecule has 42 heavy (non-hydrogen) atoms. The summed E-state index contributed by atoms with van der Waals surface area (Å²) in [5.74, 6) is 0.768. The molecule has 0 amide bonds. The average molecular weight is 712 g/mol. The van der Waals surface area contributed by atoms with Crippen LogP contribution >= 0.6 is 43.2 Å². The van der Waals surface area contributed by atoms with Crippen molar-refractivity contribution in [1.29, 1.82) is 0 Å². The zero-order valence-corrected chi connectivity index (χ0v) is 27.4. The lowest BCUT2D eigenvalue weighted by Gasteiger charge is -2.25. The quantitative estimate of drug-likeness (QED) is 0.203. The summed E-state index contributed by atoms with van der Waals surface area (Å²) in [4.78, 5) is 32.4. The van der Waals surface area contributed by atoms with E-state index >= 15 is 0 Å². The van der Waals surface area contributed by atoms with E-state index in [9.17, 15) is 9.59 Å². The minimum atomic E-state index is -0.732. The molecule has 0 unspecified atom stereocenters. The molecule has 7 nitrogen and oxygen atoms in total. The highest BCUT2D eigenvalue weighted by molar-refractivity contribution is 9.10. The Morgan fingerprint density at radius 2 is 1.79 bits per heavy atom. The van der Waals surface area contributed by atoms with Crippen LogP contribution in [0, 0.1) is 6.92 Å². The van der Waals surface area contributed by atoms with Crippen molar-refractivity contribution in [3.63, 3.8) is 0 Å². The summed E-state index contributed by atoms with van der Waals surface area (Å²) in [6, 6.07) is 18.6. The SMILES string of the molecule is CCOC(=O)C1=C(C)N=c2s/c(=C/c3cc(Br)ccc3OCc3ccc(C)cc3)c(=O)n2[C@@H]1c1ccc(OC)c(Br)c1. The normalized spacial score (nSPS) is 14.8. The molecule has 0 saturated carbocycles. The van der Waals surface area contributed by atoms with Gasteiger partial charge in [0.25, 0.3) is 5.56 Å². The summed E-state index contributed by atoms with van der Waals surface area (Å²) in [6.07, 6.45) is 1.81. The maximum absolute atomic E-state index is 14.1. The number of aryl methyl sites for hydroxylation is 1. The van der Waals surface area contributed by atoms with Crippen molar-refractivity contribution in [1.82, 2.24) is 4.57 Å². The number of carbonyl (C=O) groups is 1. The molecule has 1 aromatic heterocycles. The number of rotatable bonds is 8. The second kappa shape index (κ2) is 12.8. The fraction of sp³-hybridized carbons (Fsp3) is 0.219. The fourth-order valence-electron chi connectivity index (χ4n) is 4.71. The number of methoxy groups -OCH3 is 1. The van der Waals surface area contributed by atoms with Crippen LogP contribution in [-0.2, 0) is 16.1 Å². The van der Waals surface area contributed by atoms with Gasteiger partial charge in [-0.3, -0.25) is 9.36 Å². The lowest BCUT2D eigenvalue weighted by Crippen LogP contribution is -2.40. The van der Waals surface area contributed by atoms with Crippen LogP contribution in [0.5, 0.6) is 11.5 Å². The van der Waals surface area contributed by atoms with E-state index in [1.165, 1.54) is 16.9 Å². The molecule has 3 aromatic carbocycles. The van der Waals surface area contributed by atoms with E-state index in [-0.39, 0.29) is 12.2 Å². The maximum atomic E-state index is 14.1. The smallest absolute Gasteiger partial charge is 0.338 e. The Morgan fingerprint density at radius 3 is 2.48 bits per heavy atom. The number of aromatic nitrogens is 1. The summed E-state index contributed by atoms with van der Waals surface area (Å²) < 4.78 is 20.6. The number of hydrogen-bond acceptors (Lipinski definition) is 7. The minimum absolute atomic E-state index is 0.202. The summed E-state index contributed by atoms with van der Waals surface area (Å²) in [7, 11) is 1.58. The number of hydrogen-bond donors (Lipinski definition) is 0. The number of thiazole rings is 1. The first-order valence-electron chi connectivity index (χ1n) is 13.2. The van der Waals surface area contributed by atoms with Gasteiger partial charge in [-0.1, -0.05) is 63.2 Å². The zero-order valence-electron chi connectivity index (χ0n) is 23.4. The molecule has 0 fully saturated rings. The molecule has 2 heterocycles. The molecule has 1 aliphatic rings. The largest absolute Gasteiger partial charge is 0.496 e. The molecule has 5 rings (SSSR count). The predicted octanol–water partition coefficient (Wildman–Crippen LogP) is 6.22.